The molecule has 0 bridgehead atoms. The summed E-state index contributed by atoms with van der Waals surface area (Å²) in [7, 11) is 0. The summed E-state index contributed by atoms with van der Waals surface area (Å²) in [6, 6.07) is 14.3. The minimum atomic E-state index is -4.56. The quantitative estimate of drug-likeness (QED) is 0.473. The maximum Gasteiger partial charge on any atom is 0.405 e. The molecule has 1 fully saturated rings. The number of alkyl halides is 3. The van der Waals surface area contributed by atoms with Gasteiger partial charge in [-0.1, -0.05) is 43.3 Å². The van der Waals surface area contributed by atoms with Crippen LogP contribution in [0, 0.1) is 5.82 Å². The van der Waals surface area contributed by atoms with Gasteiger partial charge in [-0.3, -0.25) is 14.5 Å². The molecular formula is C24H27F4N3O2. The van der Waals surface area contributed by atoms with Gasteiger partial charge >= 0.3 is 6.18 Å². The summed E-state index contributed by atoms with van der Waals surface area (Å²) < 4.78 is 52.2. The van der Waals surface area contributed by atoms with Crippen molar-refractivity contribution in [2.45, 2.75) is 37.9 Å². The molecule has 0 aliphatic carbocycles. The van der Waals surface area contributed by atoms with Crippen LogP contribution in [0.3, 0.4) is 0 Å². The van der Waals surface area contributed by atoms with Gasteiger partial charge in [-0.05, 0) is 49.0 Å². The monoisotopic (exact) mass is 465 g/mol. The van der Waals surface area contributed by atoms with Gasteiger partial charge in [-0.25, -0.2) is 4.39 Å². The average molecular weight is 465 g/mol. The lowest BCUT2D eigenvalue weighted by atomic mass is 9.73. The van der Waals surface area contributed by atoms with Crippen molar-refractivity contribution in [1.29, 1.82) is 0 Å². The molecule has 1 aliphatic rings. The number of rotatable bonds is 8. The first kappa shape index (κ1) is 24.7. The zero-order chi connectivity index (χ0) is 24.1. The molecule has 1 aliphatic heterocycles. The predicted octanol–water partition coefficient (Wildman–Crippen LogP) is 4.02. The molecule has 178 valence electrons. The fourth-order valence-electron chi connectivity index (χ4n) is 4.23. The number of halogens is 4. The highest BCUT2D eigenvalue weighted by Crippen LogP contribution is 2.41. The second kappa shape index (κ2) is 10.3. The number of anilines is 1. The Balaban J connectivity index is 1.75. The molecule has 2 aromatic carbocycles. The van der Waals surface area contributed by atoms with Gasteiger partial charge in [0, 0.05) is 12.1 Å². The number of piperidine rings is 1. The van der Waals surface area contributed by atoms with E-state index in [1.54, 1.807) is 5.32 Å². The molecule has 33 heavy (non-hydrogen) atoms. The first-order valence-corrected chi connectivity index (χ1v) is 10.7. The van der Waals surface area contributed by atoms with Crippen LogP contribution in [-0.2, 0) is 21.5 Å². The first-order chi connectivity index (χ1) is 15.6. The van der Waals surface area contributed by atoms with Crippen molar-refractivity contribution in [3.05, 3.63) is 65.5 Å². The molecule has 0 unspecified atom stereocenters. The van der Waals surface area contributed by atoms with Crippen molar-refractivity contribution < 1.29 is 27.2 Å². The smallest absolute Gasteiger partial charge is 0.345 e. The van der Waals surface area contributed by atoms with E-state index in [0.717, 1.165) is 11.4 Å². The first-order valence-electron chi connectivity index (χ1n) is 10.7. The van der Waals surface area contributed by atoms with Gasteiger partial charge in [-0.15, -0.1) is 0 Å². The van der Waals surface area contributed by atoms with E-state index in [1.807, 2.05) is 25.1 Å². The SMILES string of the molecule is CC1(c2c(F)cccc2N(C=O)CC(=O)NCC(F)(F)F)CCN(Cc2ccccc2)CC1. The van der Waals surface area contributed by atoms with Crippen molar-refractivity contribution in [1.82, 2.24) is 10.2 Å². The van der Waals surface area contributed by atoms with Crippen LogP contribution in [0.2, 0.25) is 0 Å². The van der Waals surface area contributed by atoms with Crippen LogP contribution in [0.4, 0.5) is 23.2 Å². The highest BCUT2D eigenvalue weighted by atomic mass is 19.4. The largest absolute Gasteiger partial charge is 0.405 e. The highest BCUT2D eigenvalue weighted by Gasteiger charge is 2.37. The molecule has 1 N–H and O–H groups in total. The summed E-state index contributed by atoms with van der Waals surface area (Å²) in [5.74, 6) is -1.48. The standard InChI is InChI=1S/C24H27F4N3O2/c1-23(10-12-30(13-11-23)14-18-6-3-2-4-7-18)22-19(25)8-5-9-20(22)31(17-32)15-21(33)29-16-24(26,27)28/h2-9,17H,10-16H2,1H3,(H,29,33). The minimum absolute atomic E-state index is 0.200. The molecule has 3 rings (SSSR count). The number of carbonyl (C=O) groups is 2. The van der Waals surface area contributed by atoms with Crippen LogP contribution in [0.25, 0.3) is 0 Å². The Morgan fingerprint density at radius 3 is 2.39 bits per heavy atom. The van der Waals surface area contributed by atoms with Gasteiger partial charge < -0.3 is 10.2 Å². The van der Waals surface area contributed by atoms with E-state index in [-0.39, 0.29) is 5.69 Å². The third-order valence-electron chi connectivity index (χ3n) is 6.04. The summed E-state index contributed by atoms with van der Waals surface area (Å²) in [4.78, 5) is 27.0. The Kier molecular flexibility index (Phi) is 7.73. The highest BCUT2D eigenvalue weighted by molar-refractivity contribution is 5.89. The molecule has 2 amide bonds. The lowest BCUT2D eigenvalue weighted by molar-refractivity contribution is -0.137. The fourth-order valence-corrected chi connectivity index (χ4v) is 4.23. The van der Waals surface area contributed by atoms with E-state index in [0.29, 0.717) is 37.9 Å². The Morgan fingerprint density at radius 1 is 1.12 bits per heavy atom. The Bertz CT molecular complexity index is 958. The van der Waals surface area contributed by atoms with Crippen molar-refractivity contribution in [2.24, 2.45) is 0 Å². The summed E-state index contributed by atoms with van der Waals surface area (Å²) in [6.07, 6.45) is -2.96. The topological polar surface area (TPSA) is 52.7 Å². The summed E-state index contributed by atoms with van der Waals surface area (Å²) in [5, 5.41) is 1.74. The van der Waals surface area contributed by atoms with E-state index in [2.05, 4.69) is 17.0 Å². The second-order valence-corrected chi connectivity index (χ2v) is 8.58. The van der Waals surface area contributed by atoms with E-state index >= 15 is 4.39 Å². The lowest BCUT2D eigenvalue weighted by Gasteiger charge is -2.41. The molecule has 0 aromatic heterocycles. The zero-order valence-electron chi connectivity index (χ0n) is 18.4. The van der Waals surface area contributed by atoms with E-state index in [4.69, 9.17) is 0 Å². The van der Waals surface area contributed by atoms with Crippen LogP contribution in [-0.4, -0.2) is 49.6 Å². The number of amides is 2. The van der Waals surface area contributed by atoms with Crippen molar-refractivity contribution in [3.63, 3.8) is 0 Å². The maximum atomic E-state index is 15.1. The van der Waals surface area contributed by atoms with Gasteiger partial charge in [0.2, 0.25) is 12.3 Å². The Morgan fingerprint density at radius 2 is 1.79 bits per heavy atom. The van der Waals surface area contributed by atoms with Crippen LogP contribution in [0.1, 0.15) is 30.9 Å². The summed E-state index contributed by atoms with van der Waals surface area (Å²) >= 11 is 0. The van der Waals surface area contributed by atoms with E-state index in [1.165, 1.54) is 23.8 Å². The molecule has 0 spiro atoms. The number of hydrogen-bond donors (Lipinski definition) is 1. The molecule has 5 nitrogen and oxygen atoms in total. The summed E-state index contributed by atoms with van der Waals surface area (Å²) in [6.45, 7) is 2.00. The average Bonchev–Trinajstić information content (AvgIpc) is 2.78. The molecule has 0 atom stereocenters. The maximum absolute atomic E-state index is 15.1. The van der Waals surface area contributed by atoms with Crippen LogP contribution >= 0.6 is 0 Å². The number of likely N-dealkylation sites (tertiary alicyclic amines) is 1. The molecule has 0 saturated carbocycles. The number of carbonyl (C=O) groups excluding carboxylic acids is 2. The molecule has 0 radical (unpaired) electrons. The second-order valence-electron chi connectivity index (χ2n) is 8.58. The molecule has 1 heterocycles. The molecule has 1 saturated heterocycles. The fraction of sp³-hybridized carbons (Fsp3) is 0.417. The third kappa shape index (κ3) is 6.54. The lowest BCUT2D eigenvalue weighted by Crippen LogP contribution is -2.43. The molecule has 2 aromatic rings. The van der Waals surface area contributed by atoms with Crippen molar-refractivity contribution >= 4 is 18.0 Å². The number of nitrogens with one attached hydrogen (secondary N) is 1. The summed E-state index contributed by atoms with van der Waals surface area (Å²) in [5.41, 5.74) is 1.09. The zero-order valence-corrected chi connectivity index (χ0v) is 18.4. The Labute approximate surface area is 190 Å². The van der Waals surface area contributed by atoms with Crippen LogP contribution in [0.15, 0.2) is 48.5 Å². The number of benzene rings is 2. The van der Waals surface area contributed by atoms with Gasteiger partial charge in [0.05, 0.1) is 5.69 Å². The third-order valence-corrected chi connectivity index (χ3v) is 6.04. The normalized spacial score (nSPS) is 16.3. The molecule has 9 heteroatoms. The van der Waals surface area contributed by atoms with E-state index < -0.39 is 36.4 Å². The minimum Gasteiger partial charge on any atom is -0.345 e. The van der Waals surface area contributed by atoms with Gasteiger partial charge in [0.15, 0.2) is 0 Å². The number of hydrogen-bond acceptors (Lipinski definition) is 3. The predicted molar refractivity (Wildman–Crippen MR) is 117 cm³/mol. The van der Waals surface area contributed by atoms with Gasteiger partial charge in [-0.2, -0.15) is 13.2 Å². The van der Waals surface area contributed by atoms with E-state index in [9.17, 15) is 22.8 Å². The van der Waals surface area contributed by atoms with Crippen molar-refractivity contribution in [3.8, 4) is 0 Å². The van der Waals surface area contributed by atoms with Crippen molar-refractivity contribution in [2.75, 3.05) is 31.1 Å². The van der Waals surface area contributed by atoms with Gasteiger partial charge in [0.1, 0.15) is 18.9 Å². The molecular weight excluding hydrogens is 438 g/mol. The van der Waals surface area contributed by atoms with Crippen LogP contribution in [0.5, 0.6) is 0 Å². The number of nitrogens with zero attached hydrogens (tertiary/aromatic N) is 2. The van der Waals surface area contributed by atoms with Crippen LogP contribution < -0.4 is 10.2 Å². The van der Waals surface area contributed by atoms with Gasteiger partial charge in [0.25, 0.3) is 0 Å². The Hall–Kier alpha value is -2.94.